The Morgan fingerprint density at radius 3 is 2.18 bits per heavy atom. The minimum absolute atomic E-state index is 0.171. The lowest BCUT2D eigenvalue weighted by molar-refractivity contribution is 0.0791. The zero-order chi connectivity index (χ0) is 22.8. The Labute approximate surface area is 192 Å². The topological polar surface area (TPSA) is 72.0 Å². The molecule has 0 spiro atoms. The maximum atomic E-state index is 13.8. The number of unbranched alkanes of at least 4 members (excludes halogenated alkanes) is 2. The Hall–Kier alpha value is -3.73. The maximum Gasteiger partial charge on any atom is 0.182 e. The minimum Gasteiger partial charge on any atom is -0.494 e. The van der Waals surface area contributed by atoms with Crippen LogP contribution in [-0.2, 0) is 11.8 Å². The number of hydrogen-bond donors (Lipinski definition) is 1. The third kappa shape index (κ3) is 3.63. The van der Waals surface area contributed by atoms with E-state index < -0.39 is 5.41 Å². The van der Waals surface area contributed by atoms with Crippen molar-refractivity contribution in [1.29, 1.82) is 0 Å². The second-order valence-corrected chi connectivity index (χ2v) is 8.57. The number of aromatic nitrogens is 2. The summed E-state index contributed by atoms with van der Waals surface area (Å²) in [6, 6.07) is 22.2. The summed E-state index contributed by atoms with van der Waals surface area (Å²) < 4.78 is 5.84. The van der Waals surface area contributed by atoms with Crippen LogP contribution in [0.3, 0.4) is 0 Å². The minimum atomic E-state index is -1.35. The van der Waals surface area contributed by atoms with Gasteiger partial charge in [0, 0.05) is 17.5 Å². The summed E-state index contributed by atoms with van der Waals surface area (Å²) in [6.07, 6.45) is 3.43. The zero-order valence-corrected chi connectivity index (χ0v) is 18.6. The van der Waals surface area contributed by atoms with Crippen molar-refractivity contribution in [2.75, 3.05) is 6.61 Å². The summed E-state index contributed by atoms with van der Waals surface area (Å²) in [5.74, 6) is 0.995. The number of carbonyl (C=O) groups excluding carboxylic acids is 2. The number of imidazole rings is 1. The van der Waals surface area contributed by atoms with Gasteiger partial charge in [-0.05, 0) is 36.2 Å². The Morgan fingerprint density at radius 1 is 0.848 bits per heavy atom. The largest absolute Gasteiger partial charge is 0.494 e. The van der Waals surface area contributed by atoms with Gasteiger partial charge in [0.1, 0.15) is 17.0 Å². The highest BCUT2D eigenvalue weighted by Gasteiger charge is 2.54. The number of rotatable bonds is 8. The first kappa shape index (κ1) is 21.1. The molecule has 166 valence electrons. The molecule has 0 bridgehead atoms. The fraction of sp³-hybridized carbons (Fsp3) is 0.250. The zero-order valence-electron chi connectivity index (χ0n) is 18.6. The average molecular weight is 439 g/mol. The molecule has 1 aliphatic rings. The molecule has 5 nitrogen and oxygen atoms in total. The van der Waals surface area contributed by atoms with Crippen molar-refractivity contribution < 1.29 is 14.3 Å². The number of Topliss-reactive ketones (excluding diaryl/α,β-unsaturated/α-hetero) is 2. The van der Waals surface area contributed by atoms with Crippen LogP contribution in [0.4, 0.5) is 0 Å². The van der Waals surface area contributed by atoms with Crippen molar-refractivity contribution in [2.45, 2.75) is 38.0 Å². The molecule has 33 heavy (non-hydrogen) atoms. The number of ketones is 2. The number of hydrogen-bond acceptors (Lipinski definition) is 4. The molecule has 0 saturated heterocycles. The summed E-state index contributed by atoms with van der Waals surface area (Å²) in [5, 5.41) is 0. The third-order valence-electron chi connectivity index (χ3n) is 6.43. The van der Waals surface area contributed by atoms with Gasteiger partial charge in [0.25, 0.3) is 0 Å². The van der Waals surface area contributed by atoms with Gasteiger partial charge in [0.05, 0.1) is 17.6 Å². The van der Waals surface area contributed by atoms with E-state index in [1.165, 1.54) is 0 Å². The average Bonchev–Trinajstić information content (AvgIpc) is 3.35. The summed E-state index contributed by atoms with van der Waals surface area (Å²) in [7, 11) is 0. The van der Waals surface area contributed by atoms with Gasteiger partial charge >= 0.3 is 0 Å². The van der Waals surface area contributed by atoms with Crippen molar-refractivity contribution in [3.8, 4) is 5.75 Å². The highest BCUT2D eigenvalue weighted by Crippen LogP contribution is 2.42. The summed E-state index contributed by atoms with van der Waals surface area (Å²) in [4.78, 5) is 35.5. The Kier molecular flexibility index (Phi) is 5.55. The first-order valence-electron chi connectivity index (χ1n) is 11.5. The van der Waals surface area contributed by atoms with Crippen molar-refractivity contribution in [2.24, 2.45) is 0 Å². The lowest BCUT2D eigenvalue weighted by Crippen LogP contribution is -2.41. The van der Waals surface area contributed by atoms with Gasteiger partial charge in [0.15, 0.2) is 11.6 Å². The quantitative estimate of drug-likeness (QED) is 0.283. The van der Waals surface area contributed by atoms with Crippen LogP contribution >= 0.6 is 0 Å². The lowest BCUT2D eigenvalue weighted by atomic mass is 9.73. The molecule has 0 radical (unpaired) electrons. The predicted octanol–water partition coefficient (Wildman–Crippen LogP) is 5.69. The Balaban J connectivity index is 1.54. The number of benzene rings is 3. The van der Waals surface area contributed by atoms with Crippen LogP contribution in [0, 0.1) is 0 Å². The van der Waals surface area contributed by atoms with Crippen LogP contribution in [0.15, 0.2) is 72.8 Å². The smallest absolute Gasteiger partial charge is 0.182 e. The number of aromatic amines is 1. The van der Waals surface area contributed by atoms with Crippen molar-refractivity contribution in [3.63, 3.8) is 0 Å². The summed E-state index contributed by atoms with van der Waals surface area (Å²) >= 11 is 0. The molecular weight excluding hydrogens is 412 g/mol. The van der Waals surface area contributed by atoms with E-state index >= 15 is 0 Å². The summed E-state index contributed by atoms with van der Waals surface area (Å²) in [6.45, 7) is 2.81. The predicted molar refractivity (Wildman–Crippen MR) is 128 cm³/mol. The lowest BCUT2D eigenvalue weighted by Gasteiger charge is -2.26. The monoisotopic (exact) mass is 438 g/mol. The van der Waals surface area contributed by atoms with Crippen LogP contribution in [0.5, 0.6) is 5.75 Å². The molecule has 0 atom stereocenters. The molecule has 1 N–H and O–H groups in total. The van der Waals surface area contributed by atoms with Crippen molar-refractivity contribution in [3.05, 3.63) is 95.3 Å². The van der Waals surface area contributed by atoms with E-state index in [9.17, 15) is 9.59 Å². The van der Waals surface area contributed by atoms with Gasteiger partial charge in [-0.15, -0.1) is 0 Å². The summed E-state index contributed by atoms with van der Waals surface area (Å²) in [5.41, 5.74) is 1.95. The molecule has 3 aromatic carbocycles. The maximum absolute atomic E-state index is 13.8. The highest BCUT2D eigenvalue weighted by atomic mass is 16.5. The van der Waals surface area contributed by atoms with Crippen LogP contribution < -0.4 is 4.74 Å². The number of ether oxygens (including phenoxy) is 1. The molecule has 4 aromatic rings. The number of nitrogens with one attached hydrogen (secondary N) is 1. The van der Waals surface area contributed by atoms with E-state index in [4.69, 9.17) is 4.74 Å². The number of carbonyl (C=O) groups is 2. The van der Waals surface area contributed by atoms with Gasteiger partial charge in [-0.1, -0.05) is 68.3 Å². The van der Waals surface area contributed by atoms with Crippen LogP contribution in [0.25, 0.3) is 11.0 Å². The molecule has 0 aliphatic heterocycles. The fourth-order valence-electron chi connectivity index (χ4n) is 4.69. The standard InChI is InChI=1S/C28H26N2O3/c1-2-3-8-17-33-20-15-13-19(14-16-20)28(18-25-29-23-11-6-7-12-24(23)30-25)26(31)21-9-4-5-10-22(21)27(28)32/h4-7,9-16H,2-3,8,17-18H2,1H3,(H,29,30). The van der Waals surface area contributed by atoms with Crippen LogP contribution in [0.1, 0.15) is 58.3 Å². The van der Waals surface area contributed by atoms with E-state index in [0.29, 0.717) is 29.1 Å². The molecular formula is C28H26N2O3. The highest BCUT2D eigenvalue weighted by molar-refractivity contribution is 6.33. The Morgan fingerprint density at radius 2 is 1.52 bits per heavy atom. The molecule has 5 heteroatoms. The van der Waals surface area contributed by atoms with Gasteiger partial charge < -0.3 is 9.72 Å². The number of fused-ring (bicyclic) bond motifs is 2. The van der Waals surface area contributed by atoms with Crippen LogP contribution in [0.2, 0.25) is 0 Å². The second-order valence-electron chi connectivity index (χ2n) is 8.57. The molecule has 5 rings (SSSR count). The van der Waals surface area contributed by atoms with E-state index in [0.717, 1.165) is 36.0 Å². The molecule has 0 fully saturated rings. The van der Waals surface area contributed by atoms with Gasteiger partial charge in [-0.2, -0.15) is 0 Å². The second kappa shape index (κ2) is 8.66. The normalized spacial score (nSPS) is 14.6. The van der Waals surface area contributed by atoms with E-state index in [1.807, 2.05) is 48.5 Å². The number of nitrogens with zero attached hydrogens (tertiary/aromatic N) is 1. The molecule has 0 saturated carbocycles. The van der Waals surface area contributed by atoms with Crippen molar-refractivity contribution in [1.82, 2.24) is 9.97 Å². The van der Waals surface area contributed by atoms with Gasteiger partial charge in [0.2, 0.25) is 0 Å². The molecule has 1 heterocycles. The van der Waals surface area contributed by atoms with E-state index in [-0.39, 0.29) is 18.0 Å². The third-order valence-corrected chi connectivity index (χ3v) is 6.43. The van der Waals surface area contributed by atoms with Crippen LogP contribution in [-0.4, -0.2) is 28.1 Å². The molecule has 0 unspecified atom stereocenters. The molecule has 0 amide bonds. The first-order chi connectivity index (χ1) is 16.1. The SMILES string of the molecule is CCCCCOc1ccc(C2(Cc3nc4ccccc4[nH]3)C(=O)c3ccccc3C2=O)cc1. The first-order valence-corrected chi connectivity index (χ1v) is 11.5. The number of para-hydroxylation sites is 2. The van der Waals surface area contributed by atoms with Crippen molar-refractivity contribution >= 4 is 22.6 Å². The van der Waals surface area contributed by atoms with E-state index in [2.05, 4.69) is 16.9 Å². The van der Waals surface area contributed by atoms with E-state index in [1.54, 1.807) is 24.3 Å². The molecule has 1 aromatic heterocycles. The molecule has 1 aliphatic carbocycles. The fourth-order valence-corrected chi connectivity index (χ4v) is 4.69. The number of H-pyrrole nitrogens is 1. The van der Waals surface area contributed by atoms with Gasteiger partial charge in [-0.25, -0.2) is 4.98 Å². The Bertz CT molecular complexity index is 1250. The van der Waals surface area contributed by atoms with Gasteiger partial charge in [-0.3, -0.25) is 9.59 Å².